The third-order valence-electron chi connectivity index (χ3n) is 3.66. The van der Waals surface area contributed by atoms with Crippen LogP contribution in [0.3, 0.4) is 0 Å². The number of aryl methyl sites for hydroxylation is 1. The summed E-state index contributed by atoms with van der Waals surface area (Å²) in [7, 11) is 1.56. The van der Waals surface area contributed by atoms with Crippen LogP contribution in [0.2, 0.25) is 5.02 Å². The predicted octanol–water partition coefficient (Wildman–Crippen LogP) is 3.59. The number of aromatic nitrogens is 1. The van der Waals surface area contributed by atoms with Gasteiger partial charge in [0.1, 0.15) is 17.2 Å². The Bertz CT molecular complexity index is 966. The standard InChI is InChI=1S/C18H15ClN2O5/c1-10-13-7-12(24-2)4-5-14(13)26-17(10)18(23)25-9-16(22)21-15-6-3-11(19)8-20-15/h3-8H,9H2,1-2H3,(H,20,21,22). The molecule has 0 aliphatic rings. The molecule has 7 nitrogen and oxygen atoms in total. The van der Waals surface area contributed by atoms with Crippen molar-refractivity contribution in [3.05, 3.63) is 52.9 Å². The molecule has 0 saturated carbocycles. The monoisotopic (exact) mass is 374 g/mol. The van der Waals surface area contributed by atoms with Crippen LogP contribution in [0, 0.1) is 6.92 Å². The highest BCUT2D eigenvalue weighted by atomic mass is 35.5. The Balaban J connectivity index is 1.66. The zero-order valence-electron chi connectivity index (χ0n) is 14.0. The van der Waals surface area contributed by atoms with Gasteiger partial charge in [0, 0.05) is 17.1 Å². The highest BCUT2D eigenvalue weighted by Crippen LogP contribution is 2.29. The number of esters is 1. The summed E-state index contributed by atoms with van der Waals surface area (Å²) in [6.45, 7) is 1.27. The molecule has 0 saturated heterocycles. The van der Waals surface area contributed by atoms with Crippen LogP contribution in [0.5, 0.6) is 5.75 Å². The lowest BCUT2D eigenvalue weighted by Crippen LogP contribution is -2.21. The van der Waals surface area contributed by atoms with Gasteiger partial charge >= 0.3 is 5.97 Å². The number of pyridine rings is 1. The molecule has 0 atom stereocenters. The van der Waals surface area contributed by atoms with Crippen molar-refractivity contribution < 1.29 is 23.5 Å². The van der Waals surface area contributed by atoms with E-state index in [2.05, 4.69) is 10.3 Å². The molecule has 26 heavy (non-hydrogen) atoms. The molecule has 0 unspecified atom stereocenters. The molecule has 1 amide bonds. The molecule has 0 bridgehead atoms. The second kappa shape index (κ2) is 7.45. The maximum Gasteiger partial charge on any atom is 0.375 e. The van der Waals surface area contributed by atoms with Gasteiger partial charge in [0.05, 0.1) is 12.1 Å². The number of carbonyl (C=O) groups excluding carboxylic acids is 2. The summed E-state index contributed by atoms with van der Waals surface area (Å²) >= 11 is 5.72. The van der Waals surface area contributed by atoms with E-state index in [0.717, 1.165) is 5.39 Å². The number of nitrogens with zero attached hydrogens (tertiary/aromatic N) is 1. The van der Waals surface area contributed by atoms with Crippen molar-refractivity contribution in [2.45, 2.75) is 6.92 Å². The normalized spacial score (nSPS) is 10.6. The Morgan fingerprint density at radius 2 is 2.08 bits per heavy atom. The fourth-order valence-corrected chi connectivity index (χ4v) is 2.46. The van der Waals surface area contributed by atoms with Crippen LogP contribution in [-0.2, 0) is 9.53 Å². The Kier molecular flexibility index (Phi) is 5.09. The van der Waals surface area contributed by atoms with Crippen molar-refractivity contribution in [3.8, 4) is 5.75 Å². The number of halogens is 1. The average Bonchev–Trinajstić information content (AvgIpc) is 2.98. The number of fused-ring (bicyclic) bond motifs is 1. The van der Waals surface area contributed by atoms with Gasteiger partial charge in [0.2, 0.25) is 5.76 Å². The van der Waals surface area contributed by atoms with Gasteiger partial charge in [0.25, 0.3) is 5.91 Å². The maximum absolute atomic E-state index is 12.2. The first-order valence-electron chi connectivity index (χ1n) is 7.63. The summed E-state index contributed by atoms with van der Waals surface area (Å²) < 4.78 is 15.7. The molecule has 134 valence electrons. The number of nitrogens with one attached hydrogen (secondary N) is 1. The molecule has 2 aromatic heterocycles. The Hall–Kier alpha value is -3.06. The van der Waals surface area contributed by atoms with Crippen LogP contribution in [0.4, 0.5) is 5.82 Å². The number of benzene rings is 1. The molecule has 0 spiro atoms. The van der Waals surface area contributed by atoms with Gasteiger partial charge in [0.15, 0.2) is 6.61 Å². The molecule has 3 aromatic rings. The SMILES string of the molecule is COc1ccc2oc(C(=O)OCC(=O)Nc3ccc(Cl)cn3)c(C)c2c1. The second-order valence-corrected chi connectivity index (χ2v) is 5.84. The van der Waals surface area contributed by atoms with E-state index in [4.69, 9.17) is 25.5 Å². The highest BCUT2D eigenvalue weighted by molar-refractivity contribution is 6.30. The van der Waals surface area contributed by atoms with Crippen LogP contribution in [0.15, 0.2) is 40.9 Å². The quantitative estimate of drug-likeness (QED) is 0.686. The predicted molar refractivity (Wildman–Crippen MR) is 95.7 cm³/mol. The minimum atomic E-state index is -0.725. The van der Waals surface area contributed by atoms with E-state index in [1.54, 1.807) is 44.4 Å². The van der Waals surface area contributed by atoms with Crippen molar-refractivity contribution in [3.63, 3.8) is 0 Å². The number of methoxy groups -OCH3 is 1. The lowest BCUT2D eigenvalue weighted by Gasteiger charge is -2.05. The minimum Gasteiger partial charge on any atom is -0.497 e. The Labute approximate surface area is 153 Å². The number of hydrogen-bond donors (Lipinski definition) is 1. The zero-order chi connectivity index (χ0) is 18.7. The van der Waals surface area contributed by atoms with Gasteiger partial charge in [-0.25, -0.2) is 9.78 Å². The number of hydrogen-bond acceptors (Lipinski definition) is 6. The summed E-state index contributed by atoms with van der Waals surface area (Å²) in [5, 5.41) is 3.69. The van der Waals surface area contributed by atoms with Crippen molar-refractivity contribution >= 4 is 40.3 Å². The summed E-state index contributed by atoms with van der Waals surface area (Å²) in [5.74, 6) is -0.246. The van der Waals surface area contributed by atoms with Gasteiger partial charge in [-0.3, -0.25) is 4.79 Å². The van der Waals surface area contributed by atoms with E-state index in [1.165, 1.54) is 6.20 Å². The highest BCUT2D eigenvalue weighted by Gasteiger charge is 2.20. The van der Waals surface area contributed by atoms with Crippen LogP contribution in [0.1, 0.15) is 16.1 Å². The number of amides is 1. The molecule has 8 heteroatoms. The lowest BCUT2D eigenvalue weighted by molar-refractivity contribution is -0.119. The third-order valence-corrected chi connectivity index (χ3v) is 3.88. The zero-order valence-corrected chi connectivity index (χ0v) is 14.8. The molecule has 2 heterocycles. The molecular weight excluding hydrogens is 360 g/mol. The van der Waals surface area contributed by atoms with E-state index in [9.17, 15) is 9.59 Å². The Morgan fingerprint density at radius 3 is 2.77 bits per heavy atom. The average molecular weight is 375 g/mol. The maximum atomic E-state index is 12.2. The van der Waals surface area contributed by atoms with Crippen molar-refractivity contribution in [2.75, 3.05) is 19.0 Å². The first-order valence-corrected chi connectivity index (χ1v) is 8.01. The summed E-state index contributed by atoms with van der Waals surface area (Å²) in [6, 6.07) is 8.33. The molecule has 3 rings (SSSR count). The van der Waals surface area contributed by atoms with E-state index in [-0.39, 0.29) is 5.76 Å². The van der Waals surface area contributed by atoms with Crippen molar-refractivity contribution in [1.29, 1.82) is 0 Å². The van der Waals surface area contributed by atoms with E-state index < -0.39 is 18.5 Å². The van der Waals surface area contributed by atoms with Gasteiger partial charge in [-0.05, 0) is 37.3 Å². The van der Waals surface area contributed by atoms with Crippen LogP contribution >= 0.6 is 11.6 Å². The first kappa shape index (κ1) is 17.8. The smallest absolute Gasteiger partial charge is 0.375 e. The molecule has 0 fully saturated rings. The number of carbonyl (C=O) groups is 2. The van der Waals surface area contributed by atoms with Gasteiger partial charge < -0.3 is 19.2 Å². The molecule has 1 aromatic carbocycles. The van der Waals surface area contributed by atoms with E-state index in [1.807, 2.05) is 0 Å². The molecule has 0 aliphatic heterocycles. The van der Waals surface area contributed by atoms with Gasteiger partial charge in [-0.1, -0.05) is 11.6 Å². The first-order chi connectivity index (χ1) is 12.5. The van der Waals surface area contributed by atoms with Gasteiger partial charge in [-0.2, -0.15) is 0 Å². The van der Waals surface area contributed by atoms with Crippen LogP contribution < -0.4 is 10.1 Å². The number of rotatable bonds is 5. The fraction of sp³-hybridized carbons (Fsp3) is 0.167. The van der Waals surface area contributed by atoms with Crippen molar-refractivity contribution in [1.82, 2.24) is 4.98 Å². The Morgan fingerprint density at radius 1 is 1.27 bits per heavy atom. The molecule has 0 aliphatic carbocycles. The largest absolute Gasteiger partial charge is 0.497 e. The topological polar surface area (TPSA) is 90.7 Å². The third kappa shape index (κ3) is 3.78. The van der Waals surface area contributed by atoms with E-state index in [0.29, 0.717) is 27.7 Å². The number of ether oxygens (including phenoxy) is 2. The molecular formula is C18H15ClN2O5. The minimum absolute atomic E-state index is 0.0469. The second-order valence-electron chi connectivity index (χ2n) is 5.40. The molecule has 0 radical (unpaired) electrons. The molecule has 1 N–H and O–H groups in total. The lowest BCUT2D eigenvalue weighted by atomic mass is 10.1. The summed E-state index contributed by atoms with van der Waals surface area (Å²) in [6.07, 6.45) is 1.40. The van der Waals surface area contributed by atoms with Crippen LogP contribution in [0.25, 0.3) is 11.0 Å². The number of anilines is 1. The van der Waals surface area contributed by atoms with Gasteiger partial charge in [-0.15, -0.1) is 0 Å². The summed E-state index contributed by atoms with van der Waals surface area (Å²) in [5.41, 5.74) is 1.15. The fourth-order valence-electron chi connectivity index (χ4n) is 2.35. The van der Waals surface area contributed by atoms with E-state index >= 15 is 0 Å². The summed E-state index contributed by atoms with van der Waals surface area (Å²) in [4.78, 5) is 28.0. The number of furan rings is 1. The van der Waals surface area contributed by atoms with Crippen molar-refractivity contribution in [2.24, 2.45) is 0 Å². The van der Waals surface area contributed by atoms with Crippen LogP contribution in [-0.4, -0.2) is 30.6 Å².